The second kappa shape index (κ2) is 4.87. The minimum Gasteiger partial charge on any atom is -0.478 e. The average Bonchev–Trinajstić information content (AvgIpc) is 2.31. The molecule has 2 aromatic rings. The number of ether oxygens (including phenoxy) is 1. The molecular formula is C14H13NO3. The Labute approximate surface area is 105 Å². The minimum absolute atomic E-state index is 0.157. The van der Waals surface area contributed by atoms with E-state index in [9.17, 15) is 4.79 Å². The van der Waals surface area contributed by atoms with Crippen molar-refractivity contribution in [3.63, 3.8) is 0 Å². The Balaban J connectivity index is 2.42. The number of carboxylic acid groups (broad SMARTS) is 1. The highest BCUT2D eigenvalue weighted by molar-refractivity contribution is 5.91. The molecule has 1 aromatic carbocycles. The Hall–Kier alpha value is -2.36. The summed E-state index contributed by atoms with van der Waals surface area (Å²) in [6, 6.07) is 8.50. The molecule has 0 saturated carbocycles. The van der Waals surface area contributed by atoms with Gasteiger partial charge in [-0.25, -0.2) is 4.79 Å². The fourth-order valence-corrected chi connectivity index (χ4v) is 1.66. The molecule has 2 rings (SSSR count). The van der Waals surface area contributed by atoms with Gasteiger partial charge in [0.15, 0.2) is 0 Å². The second-order valence-corrected chi connectivity index (χ2v) is 3.99. The number of carbonyl (C=O) groups is 1. The maximum Gasteiger partial charge on any atom is 0.339 e. The fourth-order valence-electron chi connectivity index (χ4n) is 1.66. The van der Waals surface area contributed by atoms with Gasteiger partial charge in [0.25, 0.3) is 0 Å². The molecule has 18 heavy (non-hydrogen) atoms. The lowest BCUT2D eigenvalue weighted by atomic mass is 10.1. The van der Waals surface area contributed by atoms with Crippen LogP contribution in [0.2, 0.25) is 0 Å². The van der Waals surface area contributed by atoms with Crippen LogP contribution in [0, 0.1) is 13.8 Å². The van der Waals surface area contributed by atoms with E-state index in [1.165, 1.54) is 6.07 Å². The van der Waals surface area contributed by atoms with Crippen LogP contribution in [-0.2, 0) is 0 Å². The predicted molar refractivity (Wildman–Crippen MR) is 67.2 cm³/mol. The number of benzene rings is 1. The molecule has 0 saturated heterocycles. The van der Waals surface area contributed by atoms with Crippen molar-refractivity contribution in [3.05, 3.63) is 53.3 Å². The summed E-state index contributed by atoms with van der Waals surface area (Å²) in [5.74, 6) is -0.0469. The van der Waals surface area contributed by atoms with Gasteiger partial charge in [-0.15, -0.1) is 0 Å². The number of aromatic nitrogens is 1. The summed E-state index contributed by atoms with van der Waals surface area (Å²) < 4.78 is 5.66. The lowest BCUT2D eigenvalue weighted by molar-refractivity contribution is 0.0694. The van der Waals surface area contributed by atoms with Crippen molar-refractivity contribution in [2.24, 2.45) is 0 Å². The van der Waals surface area contributed by atoms with Gasteiger partial charge in [-0.05, 0) is 31.5 Å². The third-order valence-electron chi connectivity index (χ3n) is 2.53. The Morgan fingerprint density at radius 3 is 2.72 bits per heavy atom. The number of carboxylic acids is 1. The van der Waals surface area contributed by atoms with Crippen LogP contribution in [0.25, 0.3) is 0 Å². The van der Waals surface area contributed by atoms with E-state index < -0.39 is 5.97 Å². The summed E-state index contributed by atoms with van der Waals surface area (Å²) in [6.45, 7) is 3.67. The zero-order chi connectivity index (χ0) is 13.1. The topological polar surface area (TPSA) is 59.4 Å². The summed E-state index contributed by atoms with van der Waals surface area (Å²) in [4.78, 5) is 15.2. The molecule has 0 spiro atoms. The number of aromatic carboxylic acids is 1. The molecule has 0 fully saturated rings. The third-order valence-corrected chi connectivity index (χ3v) is 2.53. The van der Waals surface area contributed by atoms with Crippen molar-refractivity contribution in [1.82, 2.24) is 4.98 Å². The zero-order valence-corrected chi connectivity index (χ0v) is 10.2. The van der Waals surface area contributed by atoms with Crippen LogP contribution < -0.4 is 4.74 Å². The molecule has 0 aliphatic heterocycles. The lowest BCUT2D eigenvalue weighted by Crippen LogP contribution is -2.01. The van der Waals surface area contributed by atoms with Crippen LogP contribution in [0.15, 0.2) is 36.5 Å². The van der Waals surface area contributed by atoms with Crippen LogP contribution in [0.5, 0.6) is 11.5 Å². The molecule has 4 heteroatoms. The molecule has 1 heterocycles. The molecule has 0 amide bonds. The maximum atomic E-state index is 11.1. The maximum absolute atomic E-state index is 11.1. The second-order valence-electron chi connectivity index (χ2n) is 3.99. The van der Waals surface area contributed by atoms with Crippen molar-refractivity contribution in [2.75, 3.05) is 0 Å². The number of hydrogen-bond acceptors (Lipinski definition) is 3. The Kier molecular flexibility index (Phi) is 3.28. The normalized spacial score (nSPS) is 10.1. The van der Waals surface area contributed by atoms with Crippen molar-refractivity contribution in [3.8, 4) is 11.5 Å². The molecule has 92 valence electrons. The first-order valence-electron chi connectivity index (χ1n) is 5.51. The Morgan fingerprint density at radius 1 is 1.28 bits per heavy atom. The van der Waals surface area contributed by atoms with Crippen LogP contribution in [0.1, 0.15) is 21.6 Å². The van der Waals surface area contributed by atoms with Crippen molar-refractivity contribution >= 4 is 5.97 Å². The van der Waals surface area contributed by atoms with Gasteiger partial charge in [-0.2, -0.15) is 0 Å². The largest absolute Gasteiger partial charge is 0.478 e. The summed E-state index contributed by atoms with van der Waals surface area (Å²) in [5.41, 5.74) is 1.76. The lowest BCUT2D eigenvalue weighted by Gasteiger charge is -2.11. The number of para-hydroxylation sites is 1. The van der Waals surface area contributed by atoms with Crippen molar-refractivity contribution in [1.29, 1.82) is 0 Å². The third kappa shape index (κ3) is 2.48. The van der Waals surface area contributed by atoms with Gasteiger partial charge < -0.3 is 9.84 Å². The highest BCUT2D eigenvalue weighted by atomic mass is 16.5. The molecule has 1 aromatic heterocycles. The van der Waals surface area contributed by atoms with Crippen LogP contribution in [0.4, 0.5) is 0 Å². The molecule has 0 unspecified atom stereocenters. The first-order chi connectivity index (χ1) is 8.58. The highest BCUT2D eigenvalue weighted by Gasteiger charge is 2.14. The van der Waals surface area contributed by atoms with Crippen LogP contribution in [0.3, 0.4) is 0 Å². The molecule has 0 aliphatic rings. The predicted octanol–water partition coefficient (Wildman–Crippen LogP) is 3.19. The number of aryl methyl sites for hydroxylation is 2. The summed E-state index contributed by atoms with van der Waals surface area (Å²) in [7, 11) is 0. The van der Waals surface area contributed by atoms with Gasteiger partial charge >= 0.3 is 5.97 Å². The molecule has 4 nitrogen and oxygen atoms in total. The molecule has 0 atom stereocenters. The van der Waals surface area contributed by atoms with Gasteiger partial charge in [0.1, 0.15) is 17.1 Å². The molecule has 0 aliphatic carbocycles. The summed E-state index contributed by atoms with van der Waals surface area (Å²) in [5, 5.41) is 9.13. The van der Waals surface area contributed by atoms with E-state index in [2.05, 4.69) is 4.98 Å². The molecule has 0 radical (unpaired) electrons. The molecule has 1 N–H and O–H groups in total. The van der Waals surface area contributed by atoms with Gasteiger partial charge in [0.2, 0.25) is 0 Å². The van der Waals surface area contributed by atoms with Crippen LogP contribution >= 0.6 is 0 Å². The first kappa shape index (κ1) is 12.1. The number of hydrogen-bond donors (Lipinski definition) is 1. The molecule has 0 bridgehead atoms. The Morgan fingerprint density at radius 2 is 2.06 bits per heavy atom. The monoisotopic (exact) mass is 243 g/mol. The van der Waals surface area contributed by atoms with Crippen molar-refractivity contribution < 1.29 is 14.6 Å². The summed E-state index contributed by atoms with van der Waals surface area (Å²) in [6.07, 6.45) is 1.63. The fraction of sp³-hybridized carbons (Fsp3) is 0.143. The number of nitrogens with zero attached hydrogens (tertiary/aromatic N) is 1. The first-order valence-corrected chi connectivity index (χ1v) is 5.51. The van der Waals surface area contributed by atoms with Crippen LogP contribution in [-0.4, -0.2) is 16.1 Å². The SMILES string of the molecule is Cc1cc(Oc2c(C)cccc2C(=O)O)ccn1. The number of rotatable bonds is 3. The van der Waals surface area contributed by atoms with Gasteiger partial charge in [0, 0.05) is 18.0 Å². The van der Waals surface area contributed by atoms with E-state index in [0.29, 0.717) is 11.5 Å². The zero-order valence-electron chi connectivity index (χ0n) is 10.2. The Bertz CT molecular complexity index is 593. The van der Waals surface area contributed by atoms with Gasteiger partial charge in [-0.3, -0.25) is 4.98 Å². The minimum atomic E-state index is -1.00. The van der Waals surface area contributed by atoms with Gasteiger partial charge in [-0.1, -0.05) is 12.1 Å². The van der Waals surface area contributed by atoms with E-state index in [0.717, 1.165) is 11.3 Å². The quantitative estimate of drug-likeness (QED) is 0.899. The van der Waals surface area contributed by atoms with E-state index in [-0.39, 0.29) is 5.56 Å². The van der Waals surface area contributed by atoms with E-state index >= 15 is 0 Å². The average molecular weight is 243 g/mol. The van der Waals surface area contributed by atoms with Gasteiger partial charge in [0.05, 0.1) is 0 Å². The van der Waals surface area contributed by atoms with E-state index in [4.69, 9.17) is 9.84 Å². The standard InChI is InChI=1S/C14H13NO3/c1-9-4-3-5-12(14(16)17)13(9)18-11-6-7-15-10(2)8-11/h3-8H,1-2H3,(H,16,17). The smallest absolute Gasteiger partial charge is 0.339 e. The number of pyridine rings is 1. The summed E-state index contributed by atoms with van der Waals surface area (Å²) >= 11 is 0. The van der Waals surface area contributed by atoms with E-state index in [1.807, 2.05) is 19.9 Å². The molecular weight excluding hydrogens is 230 g/mol. The highest BCUT2D eigenvalue weighted by Crippen LogP contribution is 2.29. The van der Waals surface area contributed by atoms with Crippen molar-refractivity contribution in [2.45, 2.75) is 13.8 Å². The van der Waals surface area contributed by atoms with E-state index in [1.54, 1.807) is 24.4 Å².